The first-order valence-corrected chi connectivity index (χ1v) is 7.18. The predicted molar refractivity (Wildman–Crippen MR) is 70.9 cm³/mol. The molecule has 0 aromatic carbocycles. The van der Waals surface area contributed by atoms with Crippen LogP contribution in [-0.2, 0) is 4.74 Å². The van der Waals surface area contributed by atoms with Crippen LogP contribution >= 0.6 is 0 Å². The number of likely N-dealkylation sites (tertiary alicyclic amines) is 1. The van der Waals surface area contributed by atoms with E-state index in [0.717, 1.165) is 39.0 Å². The van der Waals surface area contributed by atoms with Crippen molar-refractivity contribution in [3.8, 4) is 0 Å². The van der Waals surface area contributed by atoms with Crippen LogP contribution in [0.25, 0.3) is 0 Å². The van der Waals surface area contributed by atoms with E-state index in [9.17, 15) is 4.79 Å². The summed E-state index contributed by atoms with van der Waals surface area (Å²) in [5.74, 6) is 0.782. The minimum Gasteiger partial charge on any atom is -0.472 e. The van der Waals surface area contributed by atoms with Crippen LogP contribution < -0.4 is 0 Å². The second-order valence-corrected chi connectivity index (χ2v) is 5.78. The summed E-state index contributed by atoms with van der Waals surface area (Å²) >= 11 is 0. The second kappa shape index (κ2) is 5.00. The third kappa shape index (κ3) is 2.41. The van der Waals surface area contributed by atoms with E-state index >= 15 is 0 Å². The lowest BCUT2D eigenvalue weighted by molar-refractivity contribution is -0.0391. The molecule has 4 nitrogen and oxygen atoms in total. The van der Waals surface area contributed by atoms with Crippen molar-refractivity contribution >= 4 is 5.91 Å². The van der Waals surface area contributed by atoms with E-state index in [-0.39, 0.29) is 11.5 Å². The maximum atomic E-state index is 12.2. The van der Waals surface area contributed by atoms with Gasteiger partial charge in [0.15, 0.2) is 0 Å². The standard InChI is InChI=1S/C15H21NO3/c1-2-12-9-15(19-10-12)4-6-16(7-5-15)14(17)13-3-8-18-11-13/h3,8,11-12H,2,4-7,9-10H2,1H3. The highest BCUT2D eigenvalue weighted by Crippen LogP contribution is 2.39. The molecule has 0 aliphatic carbocycles. The van der Waals surface area contributed by atoms with Crippen molar-refractivity contribution in [2.75, 3.05) is 19.7 Å². The average Bonchev–Trinajstić information content (AvgIpc) is 3.09. The number of amides is 1. The van der Waals surface area contributed by atoms with Gasteiger partial charge in [-0.1, -0.05) is 13.3 Å². The minimum absolute atomic E-state index is 0.0495. The van der Waals surface area contributed by atoms with Crippen molar-refractivity contribution in [3.05, 3.63) is 24.2 Å². The average molecular weight is 263 g/mol. The topological polar surface area (TPSA) is 42.7 Å². The summed E-state index contributed by atoms with van der Waals surface area (Å²) in [6.45, 7) is 4.71. The third-order valence-corrected chi connectivity index (χ3v) is 4.59. The first-order valence-electron chi connectivity index (χ1n) is 7.18. The molecule has 0 bridgehead atoms. The van der Waals surface area contributed by atoms with Crippen LogP contribution in [0.2, 0.25) is 0 Å². The Morgan fingerprint density at radius 2 is 2.26 bits per heavy atom. The molecule has 4 heteroatoms. The highest BCUT2D eigenvalue weighted by Gasteiger charge is 2.42. The Kier molecular flexibility index (Phi) is 3.35. The molecule has 2 saturated heterocycles. The summed E-state index contributed by atoms with van der Waals surface area (Å²) in [6.07, 6.45) is 7.35. The largest absolute Gasteiger partial charge is 0.472 e. The molecule has 1 atom stereocenters. The molecule has 1 aromatic rings. The van der Waals surface area contributed by atoms with E-state index in [1.165, 1.54) is 12.7 Å². The molecular formula is C15H21NO3. The van der Waals surface area contributed by atoms with Gasteiger partial charge in [0.25, 0.3) is 5.91 Å². The van der Waals surface area contributed by atoms with Gasteiger partial charge < -0.3 is 14.1 Å². The highest BCUT2D eigenvalue weighted by atomic mass is 16.5. The number of ether oxygens (including phenoxy) is 1. The monoisotopic (exact) mass is 263 g/mol. The fourth-order valence-electron chi connectivity index (χ4n) is 3.24. The summed E-state index contributed by atoms with van der Waals surface area (Å²) in [5, 5.41) is 0. The van der Waals surface area contributed by atoms with Crippen LogP contribution in [0, 0.1) is 5.92 Å². The summed E-state index contributed by atoms with van der Waals surface area (Å²) in [7, 11) is 0. The number of carbonyl (C=O) groups excluding carboxylic acids is 1. The van der Waals surface area contributed by atoms with E-state index in [1.54, 1.807) is 12.3 Å². The second-order valence-electron chi connectivity index (χ2n) is 5.78. The summed E-state index contributed by atoms with van der Waals surface area (Å²) in [6, 6.07) is 1.73. The Labute approximate surface area is 113 Å². The van der Waals surface area contributed by atoms with Gasteiger partial charge in [0.05, 0.1) is 24.0 Å². The Bertz CT molecular complexity index is 432. The van der Waals surface area contributed by atoms with Gasteiger partial charge >= 0.3 is 0 Å². The zero-order valence-corrected chi connectivity index (χ0v) is 11.4. The molecule has 2 aliphatic rings. The highest BCUT2D eigenvalue weighted by molar-refractivity contribution is 5.93. The Balaban J connectivity index is 1.59. The number of piperidine rings is 1. The molecule has 104 valence electrons. The molecule has 0 radical (unpaired) electrons. The number of hydrogen-bond donors (Lipinski definition) is 0. The van der Waals surface area contributed by atoms with Gasteiger partial charge in [-0.05, 0) is 31.2 Å². The van der Waals surface area contributed by atoms with Crippen LogP contribution in [-0.4, -0.2) is 36.1 Å². The van der Waals surface area contributed by atoms with Gasteiger partial charge in [0, 0.05) is 13.1 Å². The maximum absolute atomic E-state index is 12.2. The number of nitrogens with zero attached hydrogens (tertiary/aromatic N) is 1. The Morgan fingerprint density at radius 3 is 2.84 bits per heavy atom. The maximum Gasteiger partial charge on any atom is 0.257 e. The molecule has 1 unspecified atom stereocenters. The molecule has 3 heterocycles. The number of rotatable bonds is 2. The fourth-order valence-corrected chi connectivity index (χ4v) is 3.24. The third-order valence-electron chi connectivity index (χ3n) is 4.59. The quantitative estimate of drug-likeness (QED) is 0.824. The first-order chi connectivity index (χ1) is 9.22. The van der Waals surface area contributed by atoms with Crippen LogP contribution in [0.3, 0.4) is 0 Å². The van der Waals surface area contributed by atoms with Crippen LogP contribution in [0.15, 0.2) is 23.0 Å². The fraction of sp³-hybridized carbons (Fsp3) is 0.667. The lowest BCUT2D eigenvalue weighted by atomic mass is 9.84. The van der Waals surface area contributed by atoms with Gasteiger partial charge in [-0.2, -0.15) is 0 Å². The van der Waals surface area contributed by atoms with E-state index < -0.39 is 0 Å². The lowest BCUT2D eigenvalue weighted by Gasteiger charge is -2.38. The minimum atomic E-state index is 0.0495. The smallest absolute Gasteiger partial charge is 0.257 e. The molecular weight excluding hydrogens is 242 g/mol. The van der Waals surface area contributed by atoms with Gasteiger partial charge in [0.2, 0.25) is 0 Å². The van der Waals surface area contributed by atoms with Crippen molar-refractivity contribution in [1.29, 1.82) is 0 Å². The first kappa shape index (κ1) is 12.7. The molecule has 2 fully saturated rings. The van der Waals surface area contributed by atoms with Crippen molar-refractivity contribution in [3.63, 3.8) is 0 Å². The molecule has 0 N–H and O–H groups in total. The summed E-state index contributed by atoms with van der Waals surface area (Å²) < 4.78 is 11.0. The zero-order valence-electron chi connectivity index (χ0n) is 11.4. The van der Waals surface area contributed by atoms with Gasteiger partial charge in [-0.25, -0.2) is 0 Å². The predicted octanol–water partition coefficient (Wildman–Crippen LogP) is 2.70. The van der Waals surface area contributed by atoms with Gasteiger partial charge in [0.1, 0.15) is 6.26 Å². The number of hydrogen-bond acceptors (Lipinski definition) is 3. The van der Waals surface area contributed by atoms with Crippen molar-refractivity contribution in [2.45, 2.75) is 38.2 Å². The van der Waals surface area contributed by atoms with Crippen LogP contribution in [0.1, 0.15) is 43.0 Å². The lowest BCUT2D eigenvalue weighted by Crippen LogP contribution is -2.46. The zero-order chi connectivity index (χ0) is 13.3. The van der Waals surface area contributed by atoms with Crippen molar-refractivity contribution < 1.29 is 13.9 Å². The van der Waals surface area contributed by atoms with Crippen LogP contribution in [0.4, 0.5) is 0 Å². The summed E-state index contributed by atoms with van der Waals surface area (Å²) in [5.41, 5.74) is 0.697. The Morgan fingerprint density at radius 1 is 1.47 bits per heavy atom. The molecule has 0 saturated carbocycles. The molecule has 1 aromatic heterocycles. The van der Waals surface area contributed by atoms with E-state index in [0.29, 0.717) is 11.5 Å². The number of carbonyl (C=O) groups is 1. The van der Waals surface area contributed by atoms with E-state index in [1.807, 2.05) is 4.90 Å². The van der Waals surface area contributed by atoms with Gasteiger partial charge in [-0.15, -0.1) is 0 Å². The normalized spacial score (nSPS) is 25.9. The molecule has 19 heavy (non-hydrogen) atoms. The van der Waals surface area contributed by atoms with Crippen LogP contribution in [0.5, 0.6) is 0 Å². The summed E-state index contributed by atoms with van der Waals surface area (Å²) in [4.78, 5) is 14.1. The van der Waals surface area contributed by atoms with E-state index in [2.05, 4.69) is 6.92 Å². The molecule has 1 spiro atoms. The molecule has 2 aliphatic heterocycles. The molecule has 3 rings (SSSR count). The van der Waals surface area contributed by atoms with Gasteiger partial charge in [-0.3, -0.25) is 4.79 Å². The Hall–Kier alpha value is -1.29. The van der Waals surface area contributed by atoms with E-state index in [4.69, 9.17) is 9.15 Å². The van der Waals surface area contributed by atoms with Crippen molar-refractivity contribution in [1.82, 2.24) is 4.90 Å². The van der Waals surface area contributed by atoms with Crippen molar-refractivity contribution in [2.24, 2.45) is 5.92 Å². The SMILES string of the molecule is CCC1COC2(CCN(C(=O)c3ccoc3)CC2)C1. The molecule has 1 amide bonds. The number of furan rings is 1.